The van der Waals surface area contributed by atoms with Crippen molar-refractivity contribution in [2.45, 2.75) is 73.6 Å². The summed E-state index contributed by atoms with van der Waals surface area (Å²) >= 11 is 0. The molecular weight excluding hydrogens is 652 g/mol. The van der Waals surface area contributed by atoms with Crippen LogP contribution in [-0.4, -0.2) is 57.0 Å². The summed E-state index contributed by atoms with van der Waals surface area (Å²) in [4.78, 5) is 28.8. The maximum absolute atomic E-state index is 15.5. The summed E-state index contributed by atoms with van der Waals surface area (Å²) < 4.78 is 140. The van der Waals surface area contributed by atoms with Crippen LogP contribution in [0.15, 0.2) is 35.5 Å². The molecule has 2 N–H and O–H groups in total. The van der Waals surface area contributed by atoms with Crippen LogP contribution >= 0.6 is 10.2 Å². The number of carbonyl (C=O) groups excluding carboxylic acids is 2. The van der Waals surface area contributed by atoms with E-state index in [-0.39, 0.29) is 23.8 Å². The topological polar surface area (TPSA) is 110 Å². The van der Waals surface area contributed by atoms with Gasteiger partial charge < -0.3 is 10.4 Å². The molecule has 0 spiro atoms. The molecule has 0 bridgehead atoms. The molecule has 8 nitrogen and oxygen atoms in total. The second-order valence-corrected chi connectivity index (χ2v) is 13.7. The number of hydrogen-bond donors (Lipinski definition) is 2. The molecule has 4 rings (SSSR count). The van der Waals surface area contributed by atoms with E-state index in [0.717, 1.165) is 6.20 Å². The Morgan fingerprint density at radius 2 is 1.73 bits per heavy atom. The van der Waals surface area contributed by atoms with E-state index < -0.39 is 117 Å². The first-order valence-electron chi connectivity index (χ1n) is 13.2. The van der Waals surface area contributed by atoms with Crippen molar-refractivity contribution in [3.05, 3.63) is 53.6 Å². The average molecular weight is 678 g/mol. The molecular formula is C26H25F10N5O3S. The van der Waals surface area contributed by atoms with Gasteiger partial charge in [0.15, 0.2) is 17.8 Å². The lowest BCUT2D eigenvalue weighted by molar-refractivity contribution is -0.129. The fraction of sp³-hybridized carbons (Fsp3) is 0.462. The molecule has 2 amide bonds. The number of aromatic nitrogens is 1. The molecule has 0 radical (unpaired) electrons. The highest BCUT2D eigenvalue weighted by Gasteiger charge is 2.67. The summed E-state index contributed by atoms with van der Waals surface area (Å²) in [6, 6.07) is -5.05. The Morgan fingerprint density at radius 1 is 1.11 bits per heavy atom. The molecule has 2 aliphatic rings. The van der Waals surface area contributed by atoms with Crippen molar-refractivity contribution in [3.8, 4) is 6.19 Å². The predicted octanol–water partition coefficient (Wildman–Crippen LogP) is 6.23. The number of nitriles is 1. The quantitative estimate of drug-likeness (QED) is 0.266. The van der Waals surface area contributed by atoms with Gasteiger partial charge in [-0.1, -0.05) is 19.4 Å². The Balaban J connectivity index is 1.92. The number of anilines is 1. The predicted molar refractivity (Wildman–Crippen MR) is 139 cm³/mol. The molecule has 19 heteroatoms. The molecule has 3 atom stereocenters. The fourth-order valence-corrected chi connectivity index (χ4v) is 6.16. The Bertz CT molecular complexity index is 1560. The Kier molecular flexibility index (Phi) is 8.06. The molecule has 1 saturated carbocycles. The summed E-state index contributed by atoms with van der Waals surface area (Å²) in [6.07, 6.45) is 0.492. The van der Waals surface area contributed by atoms with E-state index >= 15 is 4.39 Å². The van der Waals surface area contributed by atoms with Gasteiger partial charge in [-0.05, 0) is 38.0 Å². The zero-order valence-electron chi connectivity index (χ0n) is 23.1. The summed E-state index contributed by atoms with van der Waals surface area (Å²) in [5.74, 6) is -12.8. The number of hydrogen-bond acceptors (Lipinski definition) is 6. The van der Waals surface area contributed by atoms with Crippen LogP contribution in [0, 0.1) is 28.9 Å². The highest BCUT2D eigenvalue weighted by atomic mass is 32.5. The summed E-state index contributed by atoms with van der Waals surface area (Å²) in [7, 11) is -10.9. The summed E-state index contributed by atoms with van der Waals surface area (Å²) in [5.41, 5.74) is -3.83. The second kappa shape index (κ2) is 10.6. The SMILES string of the molecule is C[C@@]1(O)C[C@H](C(=O)N(c2ccc(S(F)(F)(F)(F)F)c(F)c2F)C(C(=O)NC2CCC(F)(F)CC2)c2cncc(F)c2)N(C#N)C1. The first-order chi connectivity index (χ1) is 20.4. The molecule has 45 heavy (non-hydrogen) atoms. The molecule has 2 fully saturated rings. The Labute approximate surface area is 249 Å². The molecule has 1 aromatic heterocycles. The van der Waals surface area contributed by atoms with Gasteiger partial charge in [0.05, 0.1) is 24.0 Å². The van der Waals surface area contributed by atoms with E-state index in [1.807, 2.05) is 0 Å². The smallest absolute Gasteiger partial charge is 0.313 e. The summed E-state index contributed by atoms with van der Waals surface area (Å²) in [5, 5.41) is 22.4. The minimum absolute atomic E-state index is 0.0402. The molecule has 2 aromatic rings. The van der Waals surface area contributed by atoms with Crippen molar-refractivity contribution in [1.82, 2.24) is 15.2 Å². The number of amides is 2. The highest BCUT2D eigenvalue weighted by Crippen LogP contribution is 3.02. The first kappa shape index (κ1) is 34.1. The lowest BCUT2D eigenvalue weighted by atomic mass is 9.91. The first-order valence-corrected chi connectivity index (χ1v) is 15.1. The van der Waals surface area contributed by atoms with Gasteiger partial charge in [0.1, 0.15) is 22.8 Å². The van der Waals surface area contributed by atoms with Gasteiger partial charge in [-0.2, -0.15) is 5.26 Å². The van der Waals surface area contributed by atoms with E-state index in [2.05, 4.69) is 10.3 Å². The maximum atomic E-state index is 15.5. The second-order valence-electron chi connectivity index (χ2n) is 11.3. The monoisotopic (exact) mass is 677 g/mol. The van der Waals surface area contributed by atoms with E-state index in [1.54, 1.807) is 6.19 Å². The Hall–Kier alpha value is -3.79. The number of pyridine rings is 1. The third kappa shape index (κ3) is 7.38. The number of β-amino-alcohol motifs (C(OH)–C–C–N with tert-alkyl or cyclic N) is 1. The minimum Gasteiger partial charge on any atom is -0.388 e. The van der Waals surface area contributed by atoms with Gasteiger partial charge >= 0.3 is 10.2 Å². The lowest BCUT2D eigenvalue weighted by Gasteiger charge is -2.41. The standard InChI is InChI=1S/C26H25F10N5O3S/c1-25(44)9-18(40(12-25)13-37)24(43)41(17-2-3-19(21(29)20(17)28)45(32,33,34,35)36)22(14-8-15(27)11-38-10-14)23(42)39-16-4-6-26(30,31)7-5-16/h2-3,8,10-11,16,18,22,44H,4-7,9,12H2,1H3,(H,39,42)/t18-,22?,25-/m1/s1. The number of rotatable bonds is 7. The number of halogens is 10. The van der Waals surface area contributed by atoms with Crippen molar-refractivity contribution < 1.29 is 56.1 Å². The lowest BCUT2D eigenvalue weighted by Crippen LogP contribution is -2.52. The number of alkyl halides is 2. The molecule has 1 aliphatic carbocycles. The summed E-state index contributed by atoms with van der Waals surface area (Å²) in [6.45, 7) is 0.695. The third-order valence-corrected chi connectivity index (χ3v) is 8.63. The van der Waals surface area contributed by atoms with Crippen molar-refractivity contribution in [1.29, 1.82) is 5.26 Å². The molecule has 248 valence electrons. The van der Waals surface area contributed by atoms with Crippen LogP contribution in [0.2, 0.25) is 0 Å². The van der Waals surface area contributed by atoms with E-state index in [0.29, 0.717) is 17.2 Å². The van der Waals surface area contributed by atoms with Crippen LogP contribution in [-0.2, 0) is 9.59 Å². The van der Waals surface area contributed by atoms with Crippen molar-refractivity contribution in [2.24, 2.45) is 0 Å². The zero-order valence-corrected chi connectivity index (χ0v) is 23.9. The number of likely N-dealkylation sites (tertiary alicyclic amines) is 1. The van der Waals surface area contributed by atoms with Gasteiger partial charge in [-0.15, -0.1) is 0 Å². The van der Waals surface area contributed by atoms with Crippen LogP contribution in [0.4, 0.5) is 47.1 Å². The largest absolute Gasteiger partial charge is 0.388 e. The normalized spacial score (nSPS) is 24.2. The van der Waals surface area contributed by atoms with Crippen molar-refractivity contribution in [3.63, 3.8) is 0 Å². The van der Waals surface area contributed by atoms with Crippen molar-refractivity contribution >= 4 is 27.7 Å². The van der Waals surface area contributed by atoms with Gasteiger partial charge in [-0.3, -0.25) is 24.4 Å². The number of aliphatic hydroxyl groups is 1. The zero-order chi connectivity index (χ0) is 33.8. The fourth-order valence-electron chi connectivity index (χ4n) is 5.41. The average Bonchev–Trinajstić information content (AvgIpc) is 3.22. The number of benzene rings is 1. The van der Waals surface area contributed by atoms with Crippen LogP contribution in [0.1, 0.15) is 50.6 Å². The molecule has 1 saturated heterocycles. The number of carbonyl (C=O) groups is 2. The van der Waals surface area contributed by atoms with Crippen molar-refractivity contribution in [2.75, 3.05) is 11.4 Å². The maximum Gasteiger partial charge on any atom is 0.313 e. The van der Waals surface area contributed by atoms with Gasteiger partial charge in [0.2, 0.25) is 11.8 Å². The van der Waals surface area contributed by atoms with E-state index in [9.17, 15) is 56.9 Å². The molecule has 1 aliphatic heterocycles. The van der Waals surface area contributed by atoms with Crippen LogP contribution in [0.3, 0.4) is 0 Å². The van der Waals surface area contributed by atoms with E-state index in [4.69, 9.17) is 0 Å². The highest BCUT2D eigenvalue weighted by molar-refractivity contribution is 8.45. The number of nitrogens with one attached hydrogen (secondary N) is 1. The van der Waals surface area contributed by atoms with Crippen LogP contribution < -0.4 is 10.2 Å². The third-order valence-electron chi connectivity index (χ3n) is 7.48. The Morgan fingerprint density at radius 3 is 2.29 bits per heavy atom. The van der Waals surface area contributed by atoms with Crippen LogP contribution in [0.25, 0.3) is 0 Å². The molecule has 1 aromatic carbocycles. The molecule has 1 unspecified atom stereocenters. The number of nitrogens with zero attached hydrogens (tertiary/aromatic N) is 4. The molecule has 2 heterocycles. The van der Waals surface area contributed by atoms with Crippen LogP contribution in [0.5, 0.6) is 0 Å². The minimum atomic E-state index is -10.9. The van der Waals surface area contributed by atoms with Gasteiger partial charge in [-0.25, -0.2) is 22.0 Å². The van der Waals surface area contributed by atoms with Gasteiger partial charge in [0, 0.05) is 37.1 Å². The van der Waals surface area contributed by atoms with E-state index in [1.165, 1.54) is 6.92 Å². The van der Waals surface area contributed by atoms with Gasteiger partial charge in [0.25, 0.3) is 5.91 Å².